The lowest BCUT2D eigenvalue weighted by atomic mass is 9.87. The summed E-state index contributed by atoms with van der Waals surface area (Å²) in [7, 11) is 0. The van der Waals surface area contributed by atoms with Gasteiger partial charge in [-0.05, 0) is 39.8 Å². The molecule has 0 aliphatic carbocycles. The molecule has 0 aromatic heterocycles. The van der Waals surface area contributed by atoms with Crippen LogP contribution in [0.25, 0.3) is 0 Å². The molecular formula is C13H22F3NO. The van der Waals surface area contributed by atoms with Crippen LogP contribution in [0.3, 0.4) is 0 Å². The molecule has 1 aliphatic rings. The van der Waals surface area contributed by atoms with Gasteiger partial charge in [0.25, 0.3) is 0 Å². The molecule has 5 heteroatoms. The van der Waals surface area contributed by atoms with Crippen molar-refractivity contribution < 1.29 is 18.0 Å². The molecule has 0 aromatic carbocycles. The Kier molecular flexibility index (Phi) is 5.20. The van der Waals surface area contributed by atoms with Crippen LogP contribution in [0.5, 0.6) is 0 Å². The van der Waals surface area contributed by atoms with E-state index >= 15 is 0 Å². The summed E-state index contributed by atoms with van der Waals surface area (Å²) in [6.45, 7) is 6.89. The van der Waals surface area contributed by atoms with E-state index in [1.54, 1.807) is 0 Å². The SMILES string of the molecule is CC(C)N1CCC(C(=O)CC(C)C(F)(F)F)CC1. The molecule has 106 valence electrons. The molecule has 0 N–H and O–H groups in total. The second-order valence-corrected chi connectivity index (χ2v) is 5.52. The van der Waals surface area contributed by atoms with Crippen molar-refractivity contribution in [1.29, 1.82) is 0 Å². The lowest BCUT2D eigenvalue weighted by molar-refractivity contribution is -0.174. The highest BCUT2D eigenvalue weighted by Gasteiger charge is 2.38. The third-order valence-corrected chi connectivity index (χ3v) is 3.78. The van der Waals surface area contributed by atoms with Crippen LogP contribution >= 0.6 is 0 Å². The van der Waals surface area contributed by atoms with Crippen LogP contribution in [-0.4, -0.2) is 36.0 Å². The van der Waals surface area contributed by atoms with Gasteiger partial charge < -0.3 is 4.90 Å². The fraction of sp³-hybridized carbons (Fsp3) is 0.923. The average molecular weight is 265 g/mol. The fourth-order valence-electron chi connectivity index (χ4n) is 2.32. The van der Waals surface area contributed by atoms with Crippen molar-refractivity contribution in [2.75, 3.05) is 13.1 Å². The van der Waals surface area contributed by atoms with E-state index in [1.807, 2.05) is 0 Å². The van der Waals surface area contributed by atoms with E-state index in [2.05, 4.69) is 18.7 Å². The first kappa shape index (κ1) is 15.5. The molecule has 0 amide bonds. The number of alkyl halides is 3. The molecule has 0 aromatic rings. The van der Waals surface area contributed by atoms with E-state index in [0.29, 0.717) is 18.9 Å². The Bertz CT molecular complexity index is 280. The van der Waals surface area contributed by atoms with Crippen molar-refractivity contribution in [3.05, 3.63) is 0 Å². The molecule has 1 heterocycles. The minimum Gasteiger partial charge on any atom is -0.301 e. The quantitative estimate of drug-likeness (QED) is 0.777. The predicted octanol–water partition coefficient (Wildman–Crippen LogP) is 3.26. The number of Topliss-reactive ketones (excluding diaryl/α,β-unsaturated/α-hetero) is 1. The molecular weight excluding hydrogens is 243 g/mol. The minimum absolute atomic E-state index is 0.176. The Hall–Kier alpha value is -0.580. The molecule has 0 spiro atoms. The van der Waals surface area contributed by atoms with Crippen molar-refractivity contribution in [3.8, 4) is 0 Å². The summed E-state index contributed by atoms with van der Waals surface area (Å²) in [5.74, 6) is -1.92. The molecule has 0 bridgehead atoms. The van der Waals surface area contributed by atoms with Crippen molar-refractivity contribution in [3.63, 3.8) is 0 Å². The number of rotatable bonds is 4. The van der Waals surface area contributed by atoms with Crippen LogP contribution in [0, 0.1) is 11.8 Å². The van der Waals surface area contributed by atoms with E-state index in [1.165, 1.54) is 0 Å². The highest BCUT2D eigenvalue weighted by Crippen LogP contribution is 2.31. The van der Waals surface area contributed by atoms with Crippen LogP contribution < -0.4 is 0 Å². The number of carbonyl (C=O) groups excluding carboxylic acids is 1. The molecule has 1 saturated heterocycles. The lowest BCUT2D eigenvalue weighted by Crippen LogP contribution is -2.40. The number of nitrogens with zero attached hydrogens (tertiary/aromatic N) is 1. The zero-order chi connectivity index (χ0) is 13.9. The molecule has 18 heavy (non-hydrogen) atoms. The fourth-order valence-corrected chi connectivity index (χ4v) is 2.32. The van der Waals surface area contributed by atoms with Crippen LogP contribution in [-0.2, 0) is 4.79 Å². The largest absolute Gasteiger partial charge is 0.391 e. The third-order valence-electron chi connectivity index (χ3n) is 3.78. The van der Waals surface area contributed by atoms with Crippen molar-refractivity contribution >= 4 is 5.78 Å². The molecule has 2 nitrogen and oxygen atoms in total. The van der Waals surface area contributed by atoms with Gasteiger partial charge in [-0.15, -0.1) is 0 Å². The van der Waals surface area contributed by atoms with Crippen molar-refractivity contribution in [1.82, 2.24) is 4.90 Å². The number of piperidine rings is 1. The van der Waals surface area contributed by atoms with Gasteiger partial charge in [-0.2, -0.15) is 13.2 Å². The minimum atomic E-state index is -4.26. The van der Waals surface area contributed by atoms with Gasteiger partial charge in [0.2, 0.25) is 0 Å². The third kappa shape index (κ3) is 4.26. The standard InChI is InChI=1S/C13H22F3NO/c1-9(2)17-6-4-11(5-7-17)12(18)8-10(3)13(14,15)16/h9-11H,4-8H2,1-3H3. The monoisotopic (exact) mass is 265 g/mol. The summed E-state index contributed by atoms with van der Waals surface area (Å²) < 4.78 is 37.2. The zero-order valence-corrected chi connectivity index (χ0v) is 11.3. The molecule has 0 saturated carbocycles. The van der Waals surface area contributed by atoms with E-state index in [9.17, 15) is 18.0 Å². The maximum Gasteiger partial charge on any atom is 0.391 e. The molecule has 1 fully saturated rings. The van der Waals surface area contributed by atoms with Crippen LogP contribution in [0.1, 0.15) is 40.0 Å². The van der Waals surface area contributed by atoms with Crippen LogP contribution in [0.15, 0.2) is 0 Å². The summed E-state index contributed by atoms with van der Waals surface area (Å²) in [5, 5.41) is 0. The first-order chi connectivity index (χ1) is 8.21. The second-order valence-electron chi connectivity index (χ2n) is 5.52. The van der Waals surface area contributed by atoms with Gasteiger partial charge in [-0.3, -0.25) is 4.79 Å². The zero-order valence-electron chi connectivity index (χ0n) is 11.3. The van der Waals surface area contributed by atoms with Gasteiger partial charge in [0.1, 0.15) is 5.78 Å². The van der Waals surface area contributed by atoms with Gasteiger partial charge in [-0.1, -0.05) is 6.92 Å². The molecule has 1 rings (SSSR count). The summed E-state index contributed by atoms with van der Waals surface area (Å²) in [4.78, 5) is 14.1. The summed E-state index contributed by atoms with van der Waals surface area (Å²) in [6, 6.07) is 0.440. The highest BCUT2D eigenvalue weighted by molar-refractivity contribution is 5.81. The number of ketones is 1. The maximum absolute atomic E-state index is 12.4. The van der Waals surface area contributed by atoms with Gasteiger partial charge in [-0.25, -0.2) is 0 Å². The first-order valence-corrected chi connectivity index (χ1v) is 6.55. The van der Waals surface area contributed by atoms with Gasteiger partial charge in [0, 0.05) is 18.4 Å². The lowest BCUT2D eigenvalue weighted by Gasteiger charge is -2.34. The molecule has 0 radical (unpaired) electrons. The topological polar surface area (TPSA) is 20.3 Å². The van der Waals surface area contributed by atoms with Gasteiger partial charge in [0.15, 0.2) is 0 Å². The number of halogens is 3. The van der Waals surface area contributed by atoms with Gasteiger partial charge >= 0.3 is 6.18 Å². The normalized spacial score (nSPS) is 21.3. The van der Waals surface area contributed by atoms with E-state index < -0.39 is 12.1 Å². The number of hydrogen-bond acceptors (Lipinski definition) is 2. The first-order valence-electron chi connectivity index (χ1n) is 6.55. The summed E-state index contributed by atoms with van der Waals surface area (Å²) in [6.07, 6.45) is -3.23. The Morgan fingerprint density at radius 2 is 1.72 bits per heavy atom. The number of likely N-dealkylation sites (tertiary alicyclic amines) is 1. The molecule has 1 aliphatic heterocycles. The van der Waals surface area contributed by atoms with Crippen LogP contribution in [0.2, 0.25) is 0 Å². The van der Waals surface area contributed by atoms with E-state index in [-0.39, 0.29) is 18.1 Å². The van der Waals surface area contributed by atoms with Crippen LogP contribution in [0.4, 0.5) is 13.2 Å². The smallest absolute Gasteiger partial charge is 0.301 e. The Morgan fingerprint density at radius 1 is 1.22 bits per heavy atom. The summed E-state index contributed by atoms with van der Waals surface area (Å²) >= 11 is 0. The van der Waals surface area contributed by atoms with Crippen molar-refractivity contribution in [2.45, 2.75) is 52.3 Å². The van der Waals surface area contributed by atoms with Crippen molar-refractivity contribution in [2.24, 2.45) is 11.8 Å². The maximum atomic E-state index is 12.4. The Balaban J connectivity index is 2.41. The number of hydrogen-bond donors (Lipinski definition) is 0. The second kappa shape index (κ2) is 6.04. The highest BCUT2D eigenvalue weighted by atomic mass is 19.4. The Morgan fingerprint density at radius 3 is 2.11 bits per heavy atom. The molecule has 1 atom stereocenters. The van der Waals surface area contributed by atoms with Gasteiger partial charge in [0.05, 0.1) is 5.92 Å². The van der Waals surface area contributed by atoms with E-state index in [0.717, 1.165) is 20.0 Å². The Labute approximate surface area is 107 Å². The predicted molar refractivity (Wildman–Crippen MR) is 64.3 cm³/mol. The molecule has 1 unspecified atom stereocenters. The number of carbonyl (C=O) groups is 1. The van der Waals surface area contributed by atoms with E-state index in [4.69, 9.17) is 0 Å². The summed E-state index contributed by atoms with van der Waals surface area (Å²) in [5.41, 5.74) is 0. The average Bonchev–Trinajstić information content (AvgIpc) is 2.27.